The van der Waals surface area contributed by atoms with Gasteiger partial charge in [-0.05, 0) is 18.2 Å². The van der Waals surface area contributed by atoms with Crippen molar-refractivity contribution < 1.29 is 153 Å². The standard InChI is InChI=1S/C21H23F2N9O11P2.C21H24FN9O11P2.C21H25N9O11P2/c22-10-8-3-38-45(36,37)43-15-11(23)9(41-20(15)32-6-28-13-17(32)29-21(25)30-18(13)33)4-39-44(34,35)42-14(10)19(40-8)31-5-27-12-7(24)1-2-26-16(12)31;22-12-11-5-38-43(33,34)41-10-3-8(39-19(10)31-7-27-14-17(31)28-21(24)29-18(14)32)4-37-44(35,36)42-15(12)20(40-11)30-6-26-13-9(23)1-2-25-16(13)30;22-11-1-2-24-16-14(11)25-7-29(16)19-12-3-9(38-19)5-36-43(34,35)41-13-4-10(6-37-42(32,33)40-12)39-20(13)30-8-26-15-17(30)27-21(23)28-18(15)31/h1-2,5-6,8-11,14-15,19-20H,3-4H2,(H2,24,26)(H,34,35)(H,36,37)(H3,25,29,30,33);1-2,6-8,10-12,15,19-20H,3-5H2,(H2,23,25)(H,33,34)(H,35,36)(H3,24,28,29,32);1-2,7-10,12-13,19-20H,3-6H2,(H2,22,24)(H,32,33)(H,34,35)(H3,23,27,28,31)/t8-,9-,10-,11-,14-,15-,19-,20-;8-,10+,11+,12+,15+,19+,20+;9-,10-,12+,13+,19+,20+/m100/s1. The van der Waals surface area contributed by atoms with E-state index in [-0.39, 0.29) is 104 Å². The van der Waals surface area contributed by atoms with Crippen LogP contribution in [0.4, 0.5) is 48.1 Å². The van der Waals surface area contributed by atoms with Crippen LogP contribution in [0.3, 0.4) is 0 Å². The molecule has 27 atom stereocenters. The molecule has 0 aliphatic carbocycles. The molecule has 12 aromatic rings. The van der Waals surface area contributed by atoms with E-state index in [2.05, 4.69) is 74.8 Å². The Morgan fingerprint density at radius 3 is 0.826 bits per heavy atom. The number of hydrogen-bond acceptors (Lipinski definition) is 45. The average Bonchev–Trinajstić information content (AvgIpc) is 1.63. The summed E-state index contributed by atoms with van der Waals surface area (Å²) in [6.07, 6.45) is -20.8. The van der Waals surface area contributed by atoms with Crippen molar-refractivity contribution in [2.45, 2.75) is 148 Å². The first kappa shape index (κ1) is 91.1. The number of ether oxygens (including phenoxy) is 6. The van der Waals surface area contributed by atoms with E-state index in [1.54, 1.807) is 6.07 Å². The van der Waals surface area contributed by atoms with Gasteiger partial charge in [-0.2, -0.15) is 15.0 Å². The Morgan fingerprint density at radius 2 is 0.545 bits per heavy atom. The van der Waals surface area contributed by atoms with Crippen molar-refractivity contribution in [2.75, 3.05) is 74.0 Å². The highest BCUT2D eigenvalue weighted by molar-refractivity contribution is 7.48. The fourth-order valence-corrected chi connectivity index (χ4v) is 21.6. The smallest absolute Gasteiger partial charge is 0.397 e. The number of nitrogens with one attached hydrogen (secondary N) is 3. The van der Waals surface area contributed by atoms with E-state index in [1.807, 2.05) is 0 Å². The lowest BCUT2D eigenvalue weighted by atomic mass is 10.1. The number of H-pyrrole nitrogens is 3. The van der Waals surface area contributed by atoms with Crippen LogP contribution in [0, 0.1) is 0 Å². The number of phosphoric ester groups is 6. The van der Waals surface area contributed by atoms with E-state index in [4.69, 9.17) is 117 Å². The summed E-state index contributed by atoms with van der Waals surface area (Å²) >= 11 is 0. The number of aromatic amines is 3. The summed E-state index contributed by atoms with van der Waals surface area (Å²) in [5, 5.41) is 0. The molecule has 9 fully saturated rings. The molecule has 6 unspecified atom stereocenters. The molecule has 0 aromatic carbocycles. The second-order valence-corrected chi connectivity index (χ2v) is 38.8. The highest BCUT2D eigenvalue weighted by atomic mass is 31.2. The molecule has 708 valence electrons. The molecule has 0 spiro atoms. The van der Waals surface area contributed by atoms with Gasteiger partial charge in [0.05, 0.1) is 113 Å². The third-order valence-corrected chi connectivity index (χ3v) is 27.7. The highest BCUT2D eigenvalue weighted by Crippen LogP contribution is 2.59. The van der Waals surface area contributed by atoms with E-state index in [0.717, 1.165) is 10.9 Å². The van der Waals surface area contributed by atoms with Crippen molar-refractivity contribution in [2.24, 2.45) is 0 Å². The van der Waals surface area contributed by atoms with Gasteiger partial charge in [0.15, 0.2) is 106 Å². The molecule has 12 bridgehead atoms. The number of halogens is 3. The SMILES string of the molecule is Nc1nc2c(ncn2[C@@H]2O[C@@H]3COP(=O)(O)O[C@@H]4C[C@@H](COP(=O)(O)O[C@@H]2C3)O[C@H]4n2cnc3c(N)ccnc32)c(=O)[nH]1.Nc1nc2c(ncn2[C@@H]2O[C@@H]3COP(=O)(O)O[C@@H]4[C@H](F)[C@@H](COP(=O)(O)O[C@@H]2C3)O[C@H]4n2cnc3c(N)ccnc32)c(=O)[nH]1.Nc1nc2c(ncn2[C@@H]2O[C@@H]3COP(=O)(O)O[C@@H]4[C@H](F)[C@@H](COP(=O)(O)O[C@@H]2[C@@H]3F)O[C@H]4n2cnc3c(N)ccnc32)c(=O)[nH]1. The number of anilines is 6. The monoisotopic (exact) mass is 1980 g/mol. The number of imidazole rings is 6. The summed E-state index contributed by atoms with van der Waals surface area (Å²) in [6, 6.07) is 4.53. The summed E-state index contributed by atoms with van der Waals surface area (Å²) in [5.74, 6) is -0.755. The van der Waals surface area contributed by atoms with Crippen LogP contribution >= 0.6 is 46.9 Å². The number of phosphoric acid groups is 6. The van der Waals surface area contributed by atoms with Crippen molar-refractivity contribution in [1.82, 2.24) is 102 Å². The molecule has 9 aliphatic heterocycles. The van der Waals surface area contributed by atoms with Crippen LogP contribution in [0.1, 0.15) is 56.6 Å². The van der Waals surface area contributed by atoms with Gasteiger partial charge in [-0.1, -0.05) is 0 Å². The molecule has 69 heteroatoms. The molecule has 21 heterocycles. The highest BCUT2D eigenvalue weighted by Gasteiger charge is 2.58. The van der Waals surface area contributed by atoms with Crippen LogP contribution in [0.5, 0.6) is 0 Å². The Morgan fingerprint density at radius 1 is 0.311 bits per heavy atom. The summed E-state index contributed by atoms with van der Waals surface area (Å²) in [7, 11) is -29.8. The molecular formula is C63H72F3N27O33P6. The summed E-state index contributed by atoms with van der Waals surface area (Å²) in [6.45, 7) is -4.33. The number of nitrogens with zero attached hydrogens (tertiary/aromatic N) is 18. The largest absolute Gasteiger partial charge is 0.472 e. The van der Waals surface area contributed by atoms with Crippen LogP contribution in [0.2, 0.25) is 0 Å². The molecule has 12 aromatic heterocycles. The minimum Gasteiger partial charge on any atom is -0.397 e. The zero-order chi connectivity index (χ0) is 92.9. The first-order valence-corrected chi connectivity index (χ1v) is 47.8. The maximum absolute atomic E-state index is 15.8. The predicted molar refractivity (Wildman–Crippen MR) is 429 cm³/mol. The molecule has 0 radical (unpaired) electrons. The lowest BCUT2D eigenvalue weighted by Gasteiger charge is -2.24. The van der Waals surface area contributed by atoms with Crippen LogP contribution in [-0.2, 0) is 110 Å². The second-order valence-electron chi connectivity index (χ2n) is 30.4. The normalized spacial score (nSPS) is 36.6. The predicted octanol–water partition coefficient (Wildman–Crippen LogP) is 0.810. The average molecular weight is 1980 g/mol. The molecule has 9 saturated heterocycles. The first-order valence-electron chi connectivity index (χ1n) is 38.8. The summed E-state index contributed by atoms with van der Waals surface area (Å²) in [5.41, 5.74) is 34.5. The number of alkyl halides is 3. The Balaban J connectivity index is 0.000000128. The number of nitrogens with two attached hydrogens (primary N) is 6. The Hall–Kier alpha value is -10.1. The van der Waals surface area contributed by atoms with Crippen LogP contribution in [0.25, 0.3) is 67.0 Å². The fraction of sp³-hybridized carbons (Fsp3) is 0.476. The van der Waals surface area contributed by atoms with E-state index in [1.165, 1.54) is 85.2 Å². The lowest BCUT2D eigenvalue weighted by molar-refractivity contribution is -0.0672. The second kappa shape index (κ2) is 34.7. The molecule has 0 saturated carbocycles. The maximum atomic E-state index is 15.8. The van der Waals surface area contributed by atoms with Gasteiger partial charge in [0, 0.05) is 37.9 Å². The zero-order valence-electron chi connectivity index (χ0n) is 66.5. The van der Waals surface area contributed by atoms with Gasteiger partial charge in [-0.25, -0.2) is 85.4 Å². The Kier molecular flexibility index (Phi) is 23.9. The summed E-state index contributed by atoms with van der Waals surface area (Å²) < 4.78 is 231. The van der Waals surface area contributed by atoms with Gasteiger partial charge >= 0.3 is 46.9 Å². The van der Waals surface area contributed by atoms with Crippen molar-refractivity contribution in [3.63, 3.8) is 0 Å². The molecule has 60 nitrogen and oxygen atoms in total. The first-order chi connectivity index (χ1) is 62.7. The molecule has 21 N–H and O–H groups in total. The Bertz CT molecular complexity index is 7000. The number of pyridine rings is 3. The van der Waals surface area contributed by atoms with Gasteiger partial charge in [-0.15, -0.1) is 0 Å². The fourth-order valence-electron chi connectivity index (χ4n) is 16.0. The van der Waals surface area contributed by atoms with E-state index in [9.17, 15) is 71.1 Å². The maximum Gasteiger partial charge on any atom is 0.472 e. The van der Waals surface area contributed by atoms with E-state index < -0.39 is 232 Å². The minimum atomic E-state index is -5.22. The number of fused-ring (bicyclic) bond motifs is 18. The third kappa shape index (κ3) is 17.9. The van der Waals surface area contributed by atoms with E-state index >= 15 is 13.2 Å². The molecule has 21 rings (SSSR count). The number of nitrogen functional groups attached to an aromatic ring is 6. The zero-order valence-corrected chi connectivity index (χ0v) is 71.8. The van der Waals surface area contributed by atoms with Gasteiger partial charge < -0.3 is 92.2 Å². The molecular weight excluding hydrogens is 1910 g/mol. The van der Waals surface area contributed by atoms with Crippen LogP contribution in [-0.4, -0.2) is 263 Å². The number of hydrogen-bond donors (Lipinski definition) is 15. The van der Waals surface area contributed by atoms with Crippen molar-refractivity contribution in [3.8, 4) is 0 Å². The van der Waals surface area contributed by atoms with Crippen molar-refractivity contribution in [1.29, 1.82) is 0 Å². The Labute approximate surface area is 729 Å². The lowest BCUT2D eigenvalue weighted by Crippen LogP contribution is -2.35. The molecule has 132 heavy (non-hydrogen) atoms. The van der Waals surface area contributed by atoms with E-state index in [0.29, 0.717) is 16.9 Å². The molecule has 9 aliphatic rings. The van der Waals surface area contributed by atoms with Gasteiger partial charge in [0.2, 0.25) is 17.8 Å². The van der Waals surface area contributed by atoms with Gasteiger partial charge in [0.1, 0.15) is 71.5 Å². The van der Waals surface area contributed by atoms with Gasteiger partial charge in [0.25, 0.3) is 16.7 Å². The number of aromatic nitrogens is 21. The quantitative estimate of drug-likeness (QED) is 0.102. The van der Waals surface area contributed by atoms with Crippen molar-refractivity contribution >= 4 is 149 Å². The summed E-state index contributed by atoms with van der Waals surface area (Å²) in [4.78, 5) is 156. The van der Waals surface area contributed by atoms with Gasteiger partial charge in [-0.3, -0.25) is 111 Å². The topological polar surface area (TPSA) is 829 Å². The van der Waals surface area contributed by atoms with Crippen molar-refractivity contribution in [3.05, 3.63) is 106 Å². The number of rotatable bonds is 6. The van der Waals surface area contributed by atoms with Crippen LogP contribution < -0.4 is 51.1 Å². The molecule has 0 amide bonds. The van der Waals surface area contributed by atoms with Crippen LogP contribution in [0.15, 0.2) is 89.1 Å². The minimum absolute atomic E-state index is 0.0178. The third-order valence-electron chi connectivity index (χ3n) is 21.7.